The number of H-pyrrole nitrogens is 2. The zero-order valence-electron chi connectivity index (χ0n) is 57.6. The predicted octanol–water partition coefficient (Wildman–Crippen LogP) is 17.3. The second kappa shape index (κ2) is 33.0. The van der Waals surface area contributed by atoms with Crippen LogP contribution in [0.15, 0.2) is 242 Å². The first kappa shape index (κ1) is 69.4. The van der Waals surface area contributed by atoms with Gasteiger partial charge in [-0.3, -0.25) is 19.2 Å². The molecule has 1 fully saturated rings. The first-order valence-corrected chi connectivity index (χ1v) is 37.5. The maximum absolute atomic E-state index is 14.6. The van der Waals surface area contributed by atoms with Crippen molar-refractivity contribution in [3.63, 3.8) is 0 Å². The van der Waals surface area contributed by atoms with Gasteiger partial charge in [0.25, 0.3) is 0 Å². The summed E-state index contributed by atoms with van der Waals surface area (Å²) in [5.41, 5.74) is 18.1. The number of piperidine rings is 1. The summed E-state index contributed by atoms with van der Waals surface area (Å²) in [6.45, 7) is 3.60. The molecule has 4 aromatic heterocycles. The highest BCUT2D eigenvalue weighted by molar-refractivity contribution is 7.17. The van der Waals surface area contributed by atoms with E-state index < -0.39 is 17.9 Å². The maximum atomic E-state index is 14.6. The van der Waals surface area contributed by atoms with E-state index in [4.69, 9.17) is 19.5 Å². The topological polar surface area (TPSA) is 188 Å². The van der Waals surface area contributed by atoms with Gasteiger partial charge in [0.2, 0.25) is 11.8 Å². The third kappa shape index (κ3) is 16.3. The molecule has 12 aromatic rings. The molecule has 5 N–H and O–H groups in total. The Bertz CT molecular complexity index is 5000. The first-order chi connectivity index (χ1) is 50.6. The Hall–Kier alpha value is -10.6. The highest BCUT2D eigenvalue weighted by atomic mass is 32.1. The summed E-state index contributed by atoms with van der Waals surface area (Å²) in [7, 11) is 1.44. The summed E-state index contributed by atoms with van der Waals surface area (Å²) >= 11 is 3.35. The molecule has 1 aliphatic heterocycles. The molecule has 16 heteroatoms. The number of hydrogen-bond donors (Lipinski definition) is 5. The second-order valence-corrected chi connectivity index (χ2v) is 28.7. The van der Waals surface area contributed by atoms with E-state index in [0.29, 0.717) is 31.5 Å². The van der Waals surface area contributed by atoms with Crippen molar-refractivity contribution >= 4 is 91.0 Å². The SMILES string of the molecule is C[B]C=O.O=C(C[C@H](Cc1csc2ccccc12)C(=O)N[C@H](CC1=CCc2ccccc21)c1ncc(-c2ccccc2)[nH]1)C1CCNCC1.O=C(C[C@H](Cc1csc2ccccc12)C(=O)N[C@H](CC1=CCc2ccccc21)c1ncc(-c2ccccc2)[nH]1)OCC1c2ccccc2-c2ccccc21. The number of Topliss-reactive ketones (excluding diaryl/α,β-unsaturated/α-hetero) is 1. The smallest absolute Gasteiger partial charge is 0.306 e. The van der Waals surface area contributed by atoms with Crippen LogP contribution in [-0.2, 0) is 54.4 Å². The van der Waals surface area contributed by atoms with Gasteiger partial charge in [0, 0.05) is 46.4 Å². The number of imidazole rings is 2. The Balaban J connectivity index is 0.000000168. The number of nitrogens with zero attached hydrogens (tertiary/aromatic N) is 2. The van der Waals surface area contributed by atoms with Crippen molar-refractivity contribution in [2.75, 3.05) is 19.7 Å². The summed E-state index contributed by atoms with van der Waals surface area (Å²) in [6, 6.07) is 69.4. The van der Waals surface area contributed by atoms with Crippen molar-refractivity contribution in [2.24, 2.45) is 17.8 Å². The van der Waals surface area contributed by atoms with E-state index in [9.17, 15) is 19.2 Å². The van der Waals surface area contributed by atoms with Gasteiger partial charge in [0.15, 0.2) is 7.28 Å². The second-order valence-electron chi connectivity index (χ2n) is 26.9. The molecule has 13 nitrogen and oxygen atoms in total. The van der Waals surface area contributed by atoms with Crippen LogP contribution in [0.2, 0.25) is 6.82 Å². The number of aromatic amines is 2. The van der Waals surface area contributed by atoms with Crippen molar-refractivity contribution in [2.45, 2.75) is 89.0 Å². The molecule has 0 saturated carbocycles. The number of nitrogens with one attached hydrogen (secondary N) is 5. The number of fused-ring (bicyclic) bond motifs is 7. The molecular formula is C87H81BN7O6S2. The molecular weight excluding hydrogens is 1310 g/mol. The fourth-order valence-corrected chi connectivity index (χ4v) is 16.9. The van der Waals surface area contributed by atoms with Crippen LogP contribution in [0, 0.1) is 17.8 Å². The van der Waals surface area contributed by atoms with Gasteiger partial charge in [-0.05, 0) is 163 Å². The standard InChI is InChI=1S/C47H39N3O3S.C38H38N4O2S.C2H4BO/c51-45(53-28-41-39-19-8-6-17-37(39)38-18-7-9-20-40(38)41)26-33(24-34-29-54-44-21-11-10-16-36(34)44)47(52)50-42(25-32-23-22-30-12-4-5-15-35(30)32)46-48-27-43(49-46)31-13-2-1-3-14-31;43-35(27-16-18-39-19-17-27)22-29(20-30-24-45-36-13-7-6-12-32(30)36)38(44)42-33(21-28-15-14-25-8-4-5-11-31(25)28)37-40-23-34(41-37)26-9-2-1-3-10-26;1-3-2-4/h1-21,23,27,29,33,41-42H,22,24-26,28H2,(H,48,49)(H,50,52);1-13,15,23-24,27,29,33,39H,14,16-22H2,(H,40,41)(H,42,44);2H,1H3/t33-,42+;29-,33+;/m00./s1. The van der Waals surface area contributed by atoms with Crippen LogP contribution in [0.5, 0.6) is 0 Å². The molecule has 103 heavy (non-hydrogen) atoms. The fraction of sp³-hybridized carbons (Fsp3) is 0.230. The van der Waals surface area contributed by atoms with E-state index in [1.54, 1.807) is 29.5 Å². The van der Waals surface area contributed by atoms with E-state index in [0.717, 1.165) is 111 Å². The Morgan fingerprint density at radius 3 is 1.45 bits per heavy atom. The maximum Gasteiger partial charge on any atom is 0.306 e. The number of thiophene rings is 2. The lowest BCUT2D eigenvalue weighted by atomic mass is 9.85. The normalized spacial score (nSPS) is 14.7. The van der Waals surface area contributed by atoms with Crippen molar-refractivity contribution < 1.29 is 28.7 Å². The van der Waals surface area contributed by atoms with Crippen molar-refractivity contribution in [3.05, 3.63) is 298 Å². The lowest BCUT2D eigenvalue weighted by Crippen LogP contribution is -2.38. The lowest BCUT2D eigenvalue weighted by molar-refractivity contribution is -0.147. The average molecular weight is 1400 g/mol. The van der Waals surface area contributed by atoms with Gasteiger partial charge in [-0.1, -0.05) is 213 Å². The summed E-state index contributed by atoms with van der Waals surface area (Å²) in [5.74, 6) is -0.264. The molecule has 1 radical (unpaired) electrons. The monoisotopic (exact) mass is 1390 g/mol. The average Bonchev–Trinajstić information content (AvgIpc) is 1.62. The number of carbonyl (C=O) groups is 5. The minimum atomic E-state index is -0.658. The Labute approximate surface area is 609 Å². The predicted molar refractivity (Wildman–Crippen MR) is 416 cm³/mol. The van der Waals surface area contributed by atoms with Gasteiger partial charge in [0.1, 0.15) is 24.0 Å². The number of ketones is 1. The van der Waals surface area contributed by atoms with E-state index in [1.807, 2.05) is 122 Å². The molecule has 4 atom stereocenters. The van der Waals surface area contributed by atoms with E-state index in [-0.39, 0.29) is 60.9 Å². The summed E-state index contributed by atoms with van der Waals surface area (Å²) in [5, 5.41) is 16.6. The Kier molecular flexibility index (Phi) is 22.2. The van der Waals surface area contributed by atoms with Crippen LogP contribution in [0.1, 0.15) is 113 Å². The third-order valence-corrected chi connectivity index (χ3v) is 22.4. The number of benzene rings is 8. The number of amides is 2. The minimum Gasteiger partial charge on any atom is -0.465 e. The van der Waals surface area contributed by atoms with Gasteiger partial charge >= 0.3 is 5.97 Å². The van der Waals surface area contributed by atoms with Crippen molar-refractivity contribution in [1.82, 2.24) is 35.9 Å². The van der Waals surface area contributed by atoms with Crippen LogP contribution < -0.4 is 16.0 Å². The van der Waals surface area contributed by atoms with Crippen LogP contribution in [0.4, 0.5) is 0 Å². The molecule has 0 bridgehead atoms. The van der Waals surface area contributed by atoms with E-state index >= 15 is 0 Å². The number of hydrogen-bond acceptors (Lipinski definition) is 11. The highest BCUT2D eigenvalue weighted by Crippen LogP contribution is 2.45. The third-order valence-electron chi connectivity index (χ3n) is 20.3. The molecule has 2 amide bonds. The number of rotatable bonds is 24. The van der Waals surface area contributed by atoms with E-state index in [1.165, 1.54) is 56.5 Å². The van der Waals surface area contributed by atoms with Crippen LogP contribution >= 0.6 is 22.7 Å². The number of esters is 1. The lowest BCUT2D eigenvalue weighted by Gasteiger charge is -2.25. The Morgan fingerprint density at radius 1 is 0.534 bits per heavy atom. The molecule has 8 aromatic carbocycles. The van der Waals surface area contributed by atoms with Gasteiger partial charge < -0.3 is 35.4 Å². The summed E-state index contributed by atoms with van der Waals surface area (Å²) < 4.78 is 8.43. The minimum absolute atomic E-state index is 0.00946. The van der Waals surface area contributed by atoms with Gasteiger partial charge in [-0.25, -0.2) is 9.97 Å². The molecule has 4 aliphatic rings. The zero-order valence-corrected chi connectivity index (χ0v) is 59.2. The fourth-order valence-electron chi connectivity index (χ4n) is 15.0. The number of allylic oxidation sites excluding steroid dienone is 2. The molecule has 0 unspecified atom stereocenters. The van der Waals surface area contributed by atoms with Gasteiger partial charge in [-0.15, -0.1) is 22.7 Å². The van der Waals surface area contributed by atoms with Crippen molar-refractivity contribution in [3.8, 4) is 33.6 Å². The Morgan fingerprint density at radius 2 is 0.961 bits per heavy atom. The van der Waals surface area contributed by atoms with Crippen LogP contribution in [-0.4, -0.2) is 76.7 Å². The number of aromatic nitrogens is 4. The van der Waals surface area contributed by atoms with E-state index in [2.05, 4.69) is 146 Å². The number of ether oxygens (including phenoxy) is 1. The summed E-state index contributed by atoms with van der Waals surface area (Å²) in [6.07, 6.45) is 14.6. The van der Waals surface area contributed by atoms with Gasteiger partial charge in [-0.2, -0.15) is 0 Å². The molecule has 16 rings (SSSR count). The van der Waals surface area contributed by atoms with Crippen LogP contribution in [0.3, 0.4) is 0 Å². The largest absolute Gasteiger partial charge is 0.465 e. The molecule has 0 spiro atoms. The van der Waals surface area contributed by atoms with Crippen molar-refractivity contribution in [1.29, 1.82) is 0 Å². The molecule has 1 saturated heterocycles. The zero-order chi connectivity index (χ0) is 70.4. The first-order valence-electron chi connectivity index (χ1n) is 35.7. The summed E-state index contributed by atoms with van der Waals surface area (Å²) in [4.78, 5) is 82.2. The molecule has 3 aliphatic carbocycles. The molecule has 515 valence electrons. The number of carbonyl (C=O) groups excluding carboxylic acids is 5. The van der Waals surface area contributed by atoms with Gasteiger partial charge in [0.05, 0.1) is 54.4 Å². The highest BCUT2D eigenvalue weighted by Gasteiger charge is 2.35. The molecule has 5 heterocycles. The quantitative estimate of drug-likeness (QED) is 0.0223. The van der Waals surface area contributed by atoms with Crippen LogP contribution in [0.25, 0.3) is 65.0 Å².